The van der Waals surface area contributed by atoms with Crippen molar-refractivity contribution >= 4 is 16.9 Å². The summed E-state index contributed by atoms with van der Waals surface area (Å²) in [4.78, 5) is 12.7. The Balaban J connectivity index is 0.000000698. The molecule has 0 fully saturated rings. The molecule has 0 atom stereocenters. The van der Waals surface area contributed by atoms with E-state index in [4.69, 9.17) is 9.90 Å². The number of carbonyl (C=O) groups excluding carboxylic acids is 1. The maximum absolute atomic E-state index is 10.5. The van der Waals surface area contributed by atoms with E-state index in [2.05, 4.69) is 237 Å². The first-order chi connectivity index (χ1) is 30.3. The fourth-order valence-corrected chi connectivity index (χ4v) is 10.2. The van der Waals surface area contributed by atoms with Gasteiger partial charge in [-0.3, -0.25) is 0 Å². The Labute approximate surface area is 362 Å². The molecule has 0 bridgehead atoms. The predicted octanol–water partition coefficient (Wildman–Crippen LogP) is 14.1. The van der Waals surface area contributed by atoms with Crippen molar-refractivity contribution in [2.75, 3.05) is 0 Å². The first kappa shape index (κ1) is 41.3. The molecule has 9 aromatic rings. The number of carbonyl (C=O) groups is 1. The standard InChI is InChI=1S/C54H39S.C2HF3O2/c1-8-22-40(23-9-1)46-36-49(42-26-12-3-13-27-42)53(50(37-46)43-28-14-4-15-29-43)55(48-34-20-7-21-35-48)54-51(44-30-16-5-17-31-44)38-47(41-24-10-2-11-25-41)39-52(54)45-32-18-6-19-33-45;3-2(4,5)1(6)7/h1-39H;(H,6,7)/q+1;/p-1. The molecule has 2 nitrogen and oxygen atoms in total. The van der Waals surface area contributed by atoms with E-state index in [1.807, 2.05) is 0 Å². The minimum atomic E-state index is -5.19. The monoisotopic (exact) mass is 832 g/mol. The minimum Gasteiger partial charge on any atom is -0.542 e. The maximum Gasteiger partial charge on any atom is 0.430 e. The molecule has 6 heteroatoms. The Bertz CT molecular complexity index is 2580. The van der Waals surface area contributed by atoms with Gasteiger partial charge in [0.2, 0.25) is 0 Å². The molecule has 9 aromatic carbocycles. The van der Waals surface area contributed by atoms with Gasteiger partial charge < -0.3 is 9.90 Å². The zero-order chi connectivity index (χ0) is 42.9. The van der Waals surface area contributed by atoms with Crippen molar-refractivity contribution in [3.05, 3.63) is 237 Å². The summed E-state index contributed by atoms with van der Waals surface area (Å²) in [6, 6.07) is 86.4. The molecule has 0 N–H and O–H groups in total. The molecule has 0 radical (unpaired) electrons. The summed E-state index contributed by atoms with van der Waals surface area (Å²) in [6.45, 7) is 0. The highest BCUT2D eigenvalue weighted by atomic mass is 32.2. The van der Waals surface area contributed by atoms with E-state index in [1.165, 1.54) is 81.4 Å². The van der Waals surface area contributed by atoms with E-state index in [-0.39, 0.29) is 0 Å². The molecule has 0 spiro atoms. The topological polar surface area (TPSA) is 40.1 Å². The van der Waals surface area contributed by atoms with Crippen LogP contribution in [0.1, 0.15) is 0 Å². The van der Waals surface area contributed by atoms with E-state index in [9.17, 15) is 13.2 Å². The van der Waals surface area contributed by atoms with Crippen LogP contribution in [0.4, 0.5) is 13.2 Å². The van der Waals surface area contributed by atoms with E-state index in [0.29, 0.717) is 0 Å². The van der Waals surface area contributed by atoms with Crippen LogP contribution in [-0.4, -0.2) is 12.1 Å². The fourth-order valence-electron chi connectivity index (χ4n) is 7.51. The third-order valence-corrected chi connectivity index (χ3v) is 12.8. The largest absolute Gasteiger partial charge is 0.542 e. The van der Waals surface area contributed by atoms with Crippen LogP contribution in [0.2, 0.25) is 0 Å². The van der Waals surface area contributed by atoms with Crippen molar-refractivity contribution in [3.63, 3.8) is 0 Å². The normalized spacial score (nSPS) is 11.1. The lowest BCUT2D eigenvalue weighted by Crippen LogP contribution is -2.37. The fraction of sp³-hybridized carbons (Fsp3) is 0.0179. The number of rotatable bonds is 9. The lowest BCUT2D eigenvalue weighted by Gasteiger charge is -2.23. The predicted molar refractivity (Wildman–Crippen MR) is 245 cm³/mol. The number of alkyl halides is 3. The van der Waals surface area contributed by atoms with Crippen LogP contribution in [0.15, 0.2) is 251 Å². The SMILES string of the molecule is O=C([O-])C(F)(F)F.c1ccc(-c2cc(-c3ccccc3)c([S+](c3ccccc3)c3c(-c4ccccc4)cc(-c4ccccc4)cc3-c3ccccc3)c(-c3ccccc3)c2)cc1. The van der Waals surface area contributed by atoms with Crippen molar-refractivity contribution in [3.8, 4) is 66.8 Å². The molecule has 0 unspecified atom stereocenters. The van der Waals surface area contributed by atoms with Crippen LogP contribution in [0.25, 0.3) is 66.8 Å². The summed E-state index contributed by atoms with van der Waals surface area (Å²) in [5.74, 6) is -3.01. The molecule has 0 saturated heterocycles. The molecule has 62 heavy (non-hydrogen) atoms. The smallest absolute Gasteiger partial charge is 0.430 e. The van der Waals surface area contributed by atoms with Gasteiger partial charge in [0.15, 0.2) is 14.7 Å². The molecular formula is C56H39F3O2S. The summed E-state index contributed by atoms with van der Waals surface area (Å²) < 4.78 is 31.5. The van der Waals surface area contributed by atoms with Crippen molar-refractivity contribution < 1.29 is 23.1 Å². The molecule has 302 valence electrons. The Kier molecular flexibility index (Phi) is 12.6. The van der Waals surface area contributed by atoms with Gasteiger partial charge >= 0.3 is 6.18 Å². The van der Waals surface area contributed by atoms with Crippen LogP contribution in [0, 0.1) is 0 Å². The van der Waals surface area contributed by atoms with Crippen LogP contribution >= 0.6 is 0 Å². The van der Waals surface area contributed by atoms with Crippen LogP contribution in [0.3, 0.4) is 0 Å². The molecule has 9 rings (SSSR count). The number of hydrogen-bond donors (Lipinski definition) is 0. The van der Waals surface area contributed by atoms with Crippen molar-refractivity contribution in [2.24, 2.45) is 0 Å². The molecule has 0 aliphatic rings. The van der Waals surface area contributed by atoms with Crippen molar-refractivity contribution in [2.45, 2.75) is 20.9 Å². The minimum absolute atomic E-state index is 0.592. The Hall–Kier alpha value is -7.41. The summed E-state index contributed by atoms with van der Waals surface area (Å²) in [6.07, 6.45) is -5.19. The van der Waals surface area contributed by atoms with Crippen molar-refractivity contribution in [1.29, 1.82) is 0 Å². The molecule has 0 saturated carbocycles. The number of hydrogen-bond acceptors (Lipinski definition) is 2. The van der Waals surface area contributed by atoms with Gasteiger partial charge in [-0.2, -0.15) is 13.2 Å². The summed E-state index contributed by atoms with van der Waals surface area (Å²) in [5, 5.41) is 8.78. The van der Waals surface area contributed by atoms with E-state index >= 15 is 0 Å². The quantitative estimate of drug-likeness (QED) is 0.136. The number of benzene rings is 9. The third kappa shape index (κ3) is 9.31. The first-order valence-electron chi connectivity index (χ1n) is 20.0. The van der Waals surface area contributed by atoms with Gasteiger partial charge in [-0.1, -0.05) is 200 Å². The Morgan fingerprint density at radius 2 is 0.548 bits per heavy atom. The first-order valence-corrected chi connectivity index (χ1v) is 21.2. The average Bonchev–Trinajstić information content (AvgIpc) is 3.33. The molecule has 0 aliphatic heterocycles. The van der Waals surface area contributed by atoms with Crippen LogP contribution < -0.4 is 5.11 Å². The van der Waals surface area contributed by atoms with Gasteiger partial charge in [-0.25, -0.2) is 0 Å². The number of aliphatic carboxylic acids is 1. The number of halogens is 3. The lowest BCUT2D eigenvalue weighted by atomic mass is 9.93. The average molecular weight is 833 g/mol. The third-order valence-electron chi connectivity index (χ3n) is 10.3. The van der Waals surface area contributed by atoms with Gasteiger partial charge in [0.1, 0.15) is 16.9 Å². The van der Waals surface area contributed by atoms with Gasteiger partial charge in [-0.05, 0) is 80.9 Å². The summed E-state index contributed by atoms with van der Waals surface area (Å²) in [5.41, 5.74) is 14.5. The van der Waals surface area contributed by atoms with Gasteiger partial charge in [0.25, 0.3) is 0 Å². The zero-order valence-corrected chi connectivity index (χ0v) is 34.2. The van der Waals surface area contributed by atoms with Gasteiger partial charge in [0, 0.05) is 22.3 Å². The molecule has 0 aliphatic carbocycles. The molecule has 0 aromatic heterocycles. The van der Waals surface area contributed by atoms with Gasteiger partial charge in [0.05, 0.1) is 0 Å². The van der Waals surface area contributed by atoms with Gasteiger partial charge in [-0.15, -0.1) is 0 Å². The highest BCUT2D eigenvalue weighted by Gasteiger charge is 2.40. The molecular weight excluding hydrogens is 794 g/mol. The highest BCUT2D eigenvalue weighted by Crippen LogP contribution is 2.51. The molecule has 0 heterocycles. The second-order valence-electron chi connectivity index (χ2n) is 14.4. The van der Waals surface area contributed by atoms with E-state index in [1.54, 1.807) is 0 Å². The van der Waals surface area contributed by atoms with E-state index < -0.39 is 23.0 Å². The number of carboxylic acid groups (broad SMARTS) is 1. The highest BCUT2D eigenvalue weighted by molar-refractivity contribution is 7.97. The molecule has 0 amide bonds. The summed E-state index contributed by atoms with van der Waals surface area (Å²) in [7, 11) is -0.592. The number of carboxylic acids is 1. The Morgan fingerprint density at radius 3 is 0.774 bits per heavy atom. The Morgan fingerprint density at radius 1 is 0.339 bits per heavy atom. The van der Waals surface area contributed by atoms with Crippen LogP contribution in [-0.2, 0) is 15.7 Å². The zero-order valence-electron chi connectivity index (χ0n) is 33.4. The second-order valence-corrected chi connectivity index (χ2v) is 16.3. The lowest BCUT2D eigenvalue weighted by molar-refractivity contribution is -0.344. The summed E-state index contributed by atoms with van der Waals surface area (Å²) >= 11 is 0. The van der Waals surface area contributed by atoms with E-state index in [0.717, 1.165) is 0 Å². The van der Waals surface area contributed by atoms with Crippen molar-refractivity contribution in [1.82, 2.24) is 0 Å². The second kappa shape index (κ2) is 18.9. The van der Waals surface area contributed by atoms with Crippen LogP contribution in [0.5, 0.6) is 0 Å². The maximum atomic E-state index is 10.5.